The SMILES string of the molecule is COc1ccc(CN(Cc2ccc(OC)cc2)S(=O)(=O)c2c(NS(=O)(=O)C[C@@H](O)COC(=O)NC(C)(C)C)ccc(-c3cccc4sc(CN)nc34)c2-c2nnn(Cc3ccc(OC)cc3)n2)cc1. The Labute approximate surface area is 404 Å². The first kappa shape index (κ1) is 50.2. The summed E-state index contributed by atoms with van der Waals surface area (Å²) < 4.78 is 86.1. The van der Waals surface area contributed by atoms with Crippen LogP contribution in [0.2, 0.25) is 0 Å². The predicted molar refractivity (Wildman–Crippen MR) is 262 cm³/mol. The number of nitrogens with zero attached hydrogens (tertiary/aromatic N) is 6. The number of para-hydroxylation sites is 1. The lowest BCUT2D eigenvalue weighted by Crippen LogP contribution is -2.42. The van der Waals surface area contributed by atoms with E-state index in [1.54, 1.807) is 107 Å². The van der Waals surface area contributed by atoms with Gasteiger partial charge in [0.1, 0.15) is 39.9 Å². The van der Waals surface area contributed by atoms with Crippen molar-refractivity contribution in [2.45, 2.75) is 63.5 Å². The van der Waals surface area contributed by atoms with Crippen LogP contribution in [0.1, 0.15) is 42.5 Å². The second-order valence-electron chi connectivity index (χ2n) is 16.8. The number of rotatable bonds is 20. The molecule has 0 spiro atoms. The summed E-state index contributed by atoms with van der Waals surface area (Å²) in [7, 11) is -4.92. The number of nitrogens with two attached hydrogens (primary N) is 1. The fraction of sp³-hybridized carbons (Fsp3) is 0.298. The zero-order chi connectivity index (χ0) is 49.5. The molecule has 5 aromatic carbocycles. The number of anilines is 1. The highest BCUT2D eigenvalue weighted by Crippen LogP contribution is 2.44. The maximum Gasteiger partial charge on any atom is 0.407 e. The molecule has 364 valence electrons. The van der Waals surface area contributed by atoms with Crippen molar-refractivity contribution in [3.63, 3.8) is 0 Å². The van der Waals surface area contributed by atoms with Crippen molar-refractivity contribution in [1.82, 2.24) is 34.8 Å². The third kappa shape index (κ3) is 12.5. The van der Waals surface area contributed by atoms with E-state index in [1.807, 2.05) is 18.2 Å². The molecule has 2 aromatic heterocycles. The van der Waals surface area contributed by atoms with Gasteiger partial charge in [0.25, 0.3) is 0 Å². The van der Waals surface area contributed by atoms with Crippen molar-refractivity contribution in [1.29, 1.82) is 0 Å². The highest BCUT2D eigenvalue weighted by atomic mass is 32.2. The van der Waals surface area contributed by atoms with Crippen LogP contribution < -0.4 is 30.0 Å². The Hall–Kier alpha value is -6.69. The largest absolute Gasteiger partial charge is 0.497 e. The normalized spacial score (nSPS) is 12.5. The lowest BCUT2D eigenvalue weighted by molar-refractivity contribution is 0.0756. The highest BCUT2D eigenvalue weighted by Gasteiger charge is 2.36. The lowest BCUT2D eigenvalue weighted by atomic mass is 9.97. The van der Waals surface area contributed by atoms with Crippen molar-refractivity contribution >= 4 is 53.4 Å². The van der Waals surface area contributed by atoms with Gasteiger partial charge in [-0.25, -0.2) is 26.6 Å². The van der Waals surface area contributed by atoms with Gasteiger partial charge in [0, 0.05) is 30.7 Å². The Morgan fingerprint density at radius 3 is 1.94 bits per heavy atom. The number of thiazole rings is 1. The molecular formula is C47H53N9O10S3. The fourth-order valence-electron chi connectivity index (χ4n) is 7.23. The van der Waals surface area contributed by atoms with Gasteiger partial charge in [-0.2, -0.15) is 9.10 Å². The maximum absolute atomic E-state index is 16.1. The molecule has 0 saturated carbocycles. The summed E-state index contributed by atoms with van der Waals surface area (Å²) in [6, 6.07) is 29.2. The molecule has 22 heteroatoms. The first-order valence-corrected chi connectivity index (χ1v) is 25.4. The van der Waals surface area contributed by atoms with Crippen molar-refractivity contribution in [3.8, 4) is 39.8 Å². The Balaban J connectivity index is 1.44. The van der Waals surface area contributed by atoms with Gasteiger partial charge in [0.15, 0.2) is 0 Å². The minimum atomic E-state index is -4.88. The number of hydrogen-bond donors (Lipinski definition) is 4. The first-order valence-electron chi connectivity index (χ1n) is 21.4. The van der Waals surface area contributed by atoms with E-state index >= 15 is 8.42 Å². The van der Waals surface area contributed by atoms with E-state index in [2.05, 4.69) is 20.4 Å². The molecule has 0 aliphatic rings. The summed E-state index contributed by atoms with van der Waals surface area (Å²) >= 11 is 1.38. The van der Waals surface area contributed by atoms with Gasteiger partial charge in [-0.15, -0.1) is 21.5 Å². The lowest BCUT2D eigenvalue weighted by Gasteiger charge is -2.26. The van der Waals surface area contributed by atoms with E-state index in [0.717, 1.165) is 10.3 Å². The van der Waals surface area contributed by atoms with Gasteiger partial charge >= 0.3 is 6.09 Å². The van der Waals surface area contributed by atoms with E-state index in [1.165, 1.54) is 40.7 Å². The van der Waals surface area contributed by atoms with Gasteiger partial charge in [-0.3, -0.25) is 4.72 Å². The summed E-state index contributed by atoms with van der Waals surface area (Å²) in [5.41, 5.74) is 8.12. The van der Waals surface area contributed by atoms with Gasteiger partial charge in [-0.05, 0) is 96.8 Å². The Morgan fingerprint density at radius 2 is 1.39 bits per heavy atom. The van der Waals surface area contributed by atoms with Crippen LogP contribution in [-0.2, 0) is 51.0 Å². The standard InChI is InChI=1S/C47H53N9O10S3/c1-47(2,3)50-46(58)66-28-33(57)29-68(59,60)53-39-23-22-37(38-8-7-9-40-43(38)49-41(24-48)67-40)42(45-51-54-56(52-45)27-32-14-20-36(65-6)21-15-32)44(39)69(61,62)55(25-30-10-16-34(63-4)17-11-30)26-31-12-18-35(64-5)19-13-31/h7-23,33,53,57H,24-29,48H2,1-6H3,(H,50,58)/t33-/m0/s1. The van der Waals surface area contributed by atoms with E-state index in [-0.39, 0.29) is 48.8 Å². The zero-order valence-electron chi connectivity index (χ0n) is 38.7. The molecule has 19 nitrogen and oxygen atoms in total. The number of sulfonamides is 2. The molecule has 0 aliphatic heterocycles. The number of nitrogens with one attached hydrogen (secondary N) is 2. The summed E-state index contributed by atoms with van der Waals surface area (Å²) in [5.74, 6) is 0.602. The van der Waals surface area contributed by atoms with Crippen molar-refractivity contribution in [2.75, 3.05) is 38.4 Å². The van der Waals surface area contributed by atoms with E-state index < -0.39 is 55.0 Å². The molecule has 69 heavy (non-hydrogen) atoms. The summed E-state index contributed by atoms with van der Waals surface area (Å²) in [4.78, 5) is 18.0. The molecule has 7 rings (SSSR count). The molecule has 0 unspecified atom stereocenters. The number of carbonyl (C=O) groups excluding carboxylic acids is 1. The van der Waals surface area contributed by atoms with Gasteiger partial charge in [0.05, 0.1) is 55.1 Å². The van der Waals surface area contributed by atoms with E-state index in [4.69, 9.17) is 34.8 Å². The molecular weight excluding hydrogens is 947 g/mol. The van der Waals surface area contributed by atoms with Crippen LogP contribution in [0.5, 0.6) is 17.2 Å². The van der Waals surface area contributed by atoms with Crippen LogP contribution in [0.3, 0.4) is 0 Å². The summed E-state index contributed by atoms with van der Waals surface area (Å²) in [6.07, 6.45) is -2.58. The Bertz CT molecular complexity index is 3070. The van der Waals surface area contributed by atoms with Gasteiger partial charge in [0.2, 0.25) is 25.9 Å². The Kier molecular flexibility index (Phi) is 15.5. The molecule has 2 heterocycles. The van der Waals surface area contributed by atoms with Crippen LogP contribution in [0, 0.1) is 0 Å². The van der Waals surface area contributed by atoms with Crippen LogP contribution in [0.25, 0.3) is 32.7 Å². The van der Waals surface area contributed by atoms with Crippen LogP contribution >= 0.6 is 11.3 Å². The molecule has 0 saturated heterocycles. The minimum absolute atomic E-state index is 0.0943. The number of aromatic nitrogens is 5. The van der Waals surface area contributed by atoms with Gasteiger partial charge < -0.3 is 35.1 Å². The topological polar surface area (TPSA) is 252 Å². The van der Waals surface area contributed by atoms with Crippen LogP contribution in [-0.4, -0.2) is 103 Å². The third-order valence-corrected chi connectivity index (χ3v) is 14.7. The molecule has 7 aromatic rings. The van der Waals surface area contributed by atoms with E-state index in [0.29, 0.717) is 44.5 Å². The number of carbonyl (C=O) groups is 1. The highest BCUT2D eigenvalue weighted by molar-refractivity contribution is 7.93. The average Bonchev–Trinajstić information content (AvgIpc) is 3.97. The molecule has 1 atom stereocenters. The third-order valence-electron chi connectivity index (χ3n) is 10.4. The number of aliphatic hydroxyl groups is 1. The smallest absolute Gasteiger partial charge is 0.407 e. The second-order valence-corrected chi connectivity index (χ2v) is 21.6. The average molecular weight is 1000 g/mol. The van der Waals surface area contributed by atoms with E-state index in [9.17, 15) is 18.3 Å². The summed E-state index contributed by atoms with van der Waals surface area (Å²) in [6.45, 7) is 4.38. The molecule has 0 bridgehead atoms. The number of fused-ring (bicyclic) bond motifs is 1. The summed E-state index contributed by atoms with van der Waals surface area (Å²) in [5, 5.41) is 27.6. The fourth-order valence-corrected chi connectivity index (χ4v) is 11.1. The monoisotopic (exact) mass is 999 g/mol. The zero-order valence-corrected chi connectivity index (χ0v) is 41.2. The van der Waals surface area contributed by atoms with Crippen LogP contribution in [0.4, 0.5) is 10.5 Å². The minimum Gasteiger partial charge on any atom is -0.497 e. The number of hydrogen-bond acceptors (Lipinski definition) is 16. The van der Waals surface area contributed by atoms with Crippen molar-refractivity contribution in [2.24, 2.45) is 5.73 Å². The number of methoxy groups -OCH3 is 3. The quantitative estimate of drug-likeness (QED) is 0.0667. The molecule has 1 amide bonds. The van der Waals surface area contributed by atoms with Crippen molar-refractivity contribution < 1.29 is 45.7 Å². The maximum atomic E-state index is 16.1. The molecule has 5 N–H and O–H groups in total. The number of ether oxygens (including phenoxy) is 4. The van der Waals surface area contributed by atoms with Crippen LogP contribution in [0.15, 0.2) is 108 Å². The first-order chi connectivity index (χ1) is 32.9. The number of tetrazole rings is 1. The Morgan fingerprint density at radius 1 is 0.812 bits per heavy atom. The number of aliphatic hydroxyl groups excluding tert-OH is 1. The second kappa shape index (κ2) is 21.3. The predicted octanol–water partition coefficient (Wildman–Crippen LogP) is 6.17. The molecule has 0 aliphatic carbocycles. The number of benzene rings is 5. The molecule has 0 fully saturated rings. The number of amides is 1. The van der Waals surface area contributed by atoms with Gasteiger partial charge in [-0.1, -0.05) is 54.6 Å². The number of alkyl carbamates (subject to hydrolysis) is 1. The molecule has 0 radical (unpaired) electrons. The van der Waals surface area contributed by atoms with Crippen molar-refractivity contribution in [3.05, 3.63) is 125 Å².